The standard InChI is InChI=1S/C19H20ClN3O3/c20-15-7-5-14(6-8-15)13-21-18(24)19(25)22-16-3-1-2-4-17(16)23-9-11-26-12-10-23/h1-8H,9-13H2,(H,21,24)(H,22,25). The summed E-state index contributed by atoms with van der Waals surface area (Å²) in [5, 5.41) is 5.93. The maximum Gasteiger partial charge on any atom is 0.313 e. The number of carbonyl (C=O) groups excluding carboxylic acids is 2. The summed E-state index contributed by atoms with van der Waals surface area (Å²) < 4.78 is 5.36. The van der Waals surface area contributed by atoms with Gasteiger partial charge < -0.3 is 20.3 Å². The van der Waals surface area contributed by atoms with Gasteiger partial charge in [-0.1, -0.05) is 35.9 Å². The number of anilines is 2. The van der Waals surface area contributed by atoms with Crippen LogP contribution in [0.1, 0.15) is 5.56 Å². The van der Waals surface area contributed by atoms with Gasteiger partial charge in [0.2, 0.25) is 0 Å². The van der Waals surface area contributed by atoms with E-state index in [-0.39, 0.29) is 6.54 Å². The van der Waals surface area contributed by atoms with E-state index < -0.39 is 11.8 Å². The molecule has 1 heterocycles. The molecule has 2 N–H and O–H groups in total. The minimum absolute atomic E-state index is 0.258. The molecule has 2 amide bonds. The molecule has 0 unspecified atom stereocenters. The molecule has 0 aliphatic carbocycles. The van der Waals surface area contributed by atoms with Crippen molar-refractivity contribution in [3.05, 3.63) is 59.1 Å². The molecule has 2 aromatic carbocycles. The van der Waals surface area contributed by atoms with Gasteiger partial charge in [-0.3, -0.25) is 9.59 Å². The SMILES string of the molecule is O=C(NCc1ccc(Cl)cc1)C(=O)Nc1ccccc1N1CCOCC1. The molecular formula is C19H20ClN3O3. The highest BCUT2D eigenvalue weighted by Gasteiger charge is 2.18. The molecular weight excluding hydrogens is 354 g/mol. The summed E-state index contributed by atoms with van der Waals surface area (Å²) in [6, 6.07) is 14.5. The molecule has 26 heavy (non-hydrogen) atoms. The molecule has 0 spiro atoms. The van der Waals surface area contributed by atoms with Crippen LogP contribution in [0, 0.1) is 0 Å². The van der Waals surface area contributed by atoms with E-state index >= 15 is 0 Å². The summed E-state index contributed by atoms with van der Waals surface area (Å²) in [5.41, 5.74) is 2.36. The molecule has 0 saturated carbocycles. The van der Waals surface area contributed by atoms with Gasteiger partial charge in [0.15, 0.2) is 0 Å². The third-order valence-corrected chi connectivity index (χ3v) is 4.33. The van der Waals surface area contributed by atoms with Gasteiger partial charge in [-0.05, 0) is 29.8 Å². The number of nitrogens with one attached hydrogen (secondary N) is 2. The molecule has 3 rings (SSSR count). The number of rotatable bonds is 4. The number of para-hydroxylation sites is 2. The van der Waals surface area contributed by atoms with Crippen molar-refractivity contribution in [3.8, 4) is 0 Å². The normalized spacial score (nSPS) is 14.0. The van der Waals surface area contributed by atoms with Gasteiger partial charge in [0.05, 0.1) is 24.6 Å². The fourth-order valence-corrected chi connectivity index (χ4v) is 2.83. The highest BCUT2D eigenvalue weighted by atomic mass is 35.5. The van der Waals surface area contributed by atoms with Crippen LogP contribution in [0.25, 0.3) is 0 Å². The first-order chi connectivity index (χ1) is 12.6. The highest BCUT2D eigenvalue weighted by Crippen LogP contribution is 2.26. The van der Waals surface area contributed by atoms with Gasteiger partial charge in [0.1, 0.15) is 0 Å². The van der Waals surface area contributed by atoms with Crippen molar-refractivity contribution in [1.82, 2.24) is 5.32 Å². The number of ether oxygens (including phenoxy) is 1. The van der Waals surface area contributed by atoms with Crippen LogP contribution in [0.3, 0.4) is 0 Å². The summed E-state index contributed by atoms with van der Waals surface area (Å²) in [5.74, 6) is -1.38. The lowest BCUT2D eigenvalue weighted by atomic mass is 10.2. The van der Waals surface area contributed by atoms with Crippen molar-refractivity contribution < 1.29 is 14.3 Å². The van der Waals surface area contributed by atoms with Crippen molar-refractivity contribution in [2.24, 2.45) is 0 Å². The number of hydrogen-bond acceptors (Lipinski definition) is 4. The number of morpholine rings is 1. The Balaban J connectivity index is 1.60. The van der Waals surface area contributed by atoms with E-state index in [1.807, 2.05) is 18.2 Å². The molecule has 6 nitrogen and oxygen atoms in total. The smallest absolute Gasteiger partial charge is 0.313 e. The van der Waals surface area contributed by atoms with Gasteiger partial charge in [0, 0.05) is 24.7 Å². The summed E-state index contributed by atoms with van der Waals surface area (Å²) >= 11 is 5.83. The van der Waals surface area contributed by atoms with Gasteiger partial charge in [-0.25, -0.2) is 0 Å². The van der Waals surface area contributed by atoms with Crippen LogP contribution >= 0.6 is 11.6 Å². The van der Waals surface area contributed by atoms with Crippen molar-refractivity contribution in [2.75, 3.05) is 36.5 Å². The van der Waals surface area contributed by atoms with E-state index in [1.165, 1.54) is 0 Å². The van der Waals surface area contributed by atoms with Crippen LogP contribution in [0.15, 0.2) is 48.5 Å². The zero-order valence-corrected chi connectivity index (χ0v) is 15.0. The molecule has 2 aromatic rings. The van der Waals surface area contributed by atoms with E-state index in [1.54, 1.807) is 30.3 Å². The summed E-state index contributed by atoms with van der Waals surface area (Å²) in [6.45, 7) is 3.04. The number of carbonyl (C=O) groups is 2. The first-order valence-corrected chi connectivity index (χ1v) is 8.76. The van der Waals surface area contributed by atoms with Crippen molar-refractivity contribution in [3.63, 3.8) is 0 Å². The monoisotopic (exact) mass is 373 g/mol. The number of benzene rings is 2. The molecule has 0 atom stereocenters. The lowest BCUT2D eigenvalue weighted by Gasteiger charge is -2.30. The summed E-state index contributed by atoms with van der Waals surface area (Å²) in [4.78, 5) is 26.5. The number of amides is 2. The van der Waals surface area contributed by atoms with Crippen LogP contribution in [0.4, 0.5) is 11.4 Å². The molecule has 1 aliphatic heterocycles. The summed E-state index contributed by atoms with van der Waals surface area (Å²) in [7, 11) is 0. The lowest BCUT2D eigenvalue weighted by molar-refractivity contribution is -0.136. The second-order valence-electron chi connectivity index (χ2n) is 5.88. The van der Waals surface area contributed by atoms with E-state index in [0.717, 1.165) is 24.3 Å². The maximum absolute atomic E-state index is 12.2. The highest BCUT2D eigenvalue weighted by molar-refractivity contribution is 6.39. The number of nitrogens with zero attached hydrogens (tertiary/aromatic N) is 1. The predicted octanol–water partition coefficient (Wildman–Crippen LogP) is 2.43. The van der Waals surface area contributed by atoms with Crippen molar-refractivity contribution >= 4 is 34.8 Å². The molecule has 1 saturated heterocycles. The largest absolute Gasteiger partial charge is 0.378 e. The second-order valence-corrected chi connectivity index (χ2v) is 6.32. The van der Waals surface area contributed by atoms with Crippen LogP contribution in [0.2, 0.25) is 5.02 Å². The molecule has 136 valence electrons. The minimum Gasteiger partial charge on any atom is -0.378 e. The van der Waals surface area contributed by atoms with Crippen molar-refractivity contribution in [2.45, 2.75) is 6.54 Å². The Bertz CT molecular complexity index is 774. The van der Waals surface area contributed by atoms with Crippen LogP contribution < -0.4 is 15.5 Å². The fraction of sp³-hybridized carbons (Fsp3) is 0.263. The molecule has 0 aromatic heterocycles. The molecule has 0 radical (unpaired) electrons. The number of halogens is 1. The molecule has 0 bridgehead atoms. The van der Waals surface area contributed by atoms with Gasteiger partial charge in [-0.15, -0.1) is 0 Å². The Labute approximate surface area is 157 Å². The van der Waals surface area contributed by atoms with Crippen LogP contribution in [-0.2, 0) is 20.9 Å². The Morgan fingerprint density at radius 3 is 2.42 bits per heavy atom. The molecule has 1 aliphatic rings. The number of hydrogen-bond donors (Lipinski definition) is 2. The maximum atomic E-state index is 12.2. The van der Waals surface area contributed by atoms with Gasteiger partial charge in [0.25, 0.3) is 0 Å². The van der Waals surface area contributed by atoms with Crippen LogP contribution in [-0.4, -0.2) is 38.1 Å². The Morgan fingerprint density at radius 1 is 1.00 bits per heavy atom. The van der Waals surface area contributed by atoms with Gasteiger partial charge >= 0.3 is 11.8 Å². The van der Waals surface area contributed by atoms with E-state index in [2.05, 4.69) is 15.5 Å². The predicted molar refractivity (Wildman–Crippen MR) is 101 cm³/mol. The van der Waals surface area contributed by atoms with E-state index in [9.17, 15) is 9.59 Å². The Hall–Kier alpha value is -2.57. The fourth-order valence-electron chi connectivity index (χ4n) is 2.70. The second kappa shape index (κ2) is 8.69. The average molecular weight is 374 g/mol. The third kappa shape index (κ3) is 4.74. The minimum atomic E-state index is -0.695. The van der Waals surface area contributed by atoms with Crippen molar-refractivity contribution in [1.29, 1.82) is 0 Å². The first kappa shape index (κ1) is 18.2. The van der Waals surface area contributed by atoms with Crippen LogP contribution in [0.5, 0.6) is 0 Å². The lowest BCUT2D eigenvalue weighted by Crippen LogP contribution is -2.38. The van der Waals surface area contributed by atoms with Gasteiger partial charge in [-0.2, -0.15) is 0 Å². The molecule has 1 fully saturated rings. The Morgan fingerprint density at radius 2 is 1.69 bits per heavy atom. The Kier molecular flexibility index (Phi) is 6.09. The third-order valence-electron chi connectivity index (χ3n) is 4.08. The zero-order valence-electron chi connectivity index (χ0n) is 14.2. The van der Waals surface area contributed by atoms with E-state index in [0.29, 0.717) is 23.9 Å². The first-order valence-electron chi connectivity index (χ1n) is 8.39. The summed E-state index contributed by atoms with van der Waals surface area (Å²) in [6.07, 6.45) is 0. The average Bonchev–Trinajstić information content (AvgIpc) is 2.68. The zero-order chi connectivity index (χ0) is 18.4. The topological polar surface area (TPSA) is 70.7 Å². The molecule has 7 heteroatoms. The quantitative estimate of drug-likeness (QED) is 0.807. The van der Waals surface area contributed by atoms with E-state index in [4.69, 9.17) is 16.3 Å².